The second-order valence-corrected chi connectivity index (χ2v) is 6.79. The molecular formula is C12H25NOS. The molecule has 0 radical (unpaired) electrons. The Morgan fingerprint density at radius 2 is 2.13 bits per heavy atom. The molecule has 0 amide bonds. The molecule has 0 saturated carbocycles. The molecule has 0 aromatic rings. The summed E-state index contributed by atoms with van der Waals surface area (Å²) in [5, 5.41) is 0.515. The summed E-state index contributed by atoms with van der Waals surface area (Å²) in [4.78, 5) is 0. The van der Waals surface area contributed by atoms with Gasteiger partial charge in [0.1, 0.15) is 0 Å². The predicted octanol–water partition coefficient (Wildman–Crippen LogP) is 2.66. The van der Waals surface area contributed by atoms with Crippen molar-refractivity contribution in [1.29, 1.82) is 0 Å². The van der Waals surface area contributed by atoms with Gasteiger partial charge in [0.2, 0.25) is 0 Å². The number of hydrogen-bond donors (Lipinski definition) is 1. The maximum Gasteiger partial charge on any atom is 0.0666 e. The van der Waals surface area contributed by atoms with Crippen LogP contribution in [0.25, 0.3) is 0 Å². The van der Waals surface area contributed by atoms with E-state index in [1.54, 1.807) is 0 Å². The molecule has 3 unspecified atom stereocenters. The minimum Gasteiger partial charge on any atom is -0.377 e. The Bertz CT molecular complexity index is 183. The zero-order chi connectivity index (χ0) is 11.5. The molecule has 0 bridgehead atoms. The van der Waals surface area contributed by atoms with E-state index in [9.17, 15) is 0 Å². The summed E-state index contributed by atoms with van der Waals surface area (Å²) in [7, 11) is 0. The minimum absolute atomic E-state index is 0.247. The Kier molecular flexibility index (Phi) is 4.94. The highest BCUT2D eigenvalue weighted by Crippen LogP contribution is 2.33. The average Bonchev–Trinajstić information content (AvgIpc) is 2.53. The molecule has 3 atom stereocenters. The second-order valence-electron chi connectivity index (χ2n) is 5.61. The van der Waals surface area contributed by atoms with Gasteiger partial charge in [0.15, 0.2) is 0 Å². The molecule has 1 saturated heterocycles. The summed E-state index contributed by atoms with van der Waals surface area (Å²) >= 11 is 1.98. The van der Waals surface area contributed by atoms with Crippen LogP contribution >= 0.6 is 11.8 Å². The van der Waals surface area contributed by atoms with Crippen molar-refractivity contribution in [3.05, 3.63) is 0 Å². The summed E-state index contributed by atoms with van der Waals surface area (Å²) in [6.45, 7) is 9.86. The highest BCUT2D eigenvalue weighted by atomic mass is 32.2. The first-order chi connectivity index (χ1) is 6.91. The van der Waals surface area contributed by atoms with E-state index in [4.69, 9.17) is 10.5 Å². The van der Waals surface area contributed by atoms with Crippen LogP contribution in [0.1, 0.15) is 40.5 Å². The molecule has 3 heteroatoms. The molecule has 0 aromatic heterocycles. The summed E-state index contributed by atoms with van der Waals surface area (Å²) in [6, 6.07) is 0.247. The van der Waals surface area contributed by atoms with Gasteiger partial charge < -0.3 is 10.5 Å². The van der Waals surface area contributed by atoms with Gasteiger partial charge in [0.05, 0.1) is 6.10 Å². The molecule has 90 valence electrons. The Morgan fingerprint density at radius 1 is 1.47 bits per heavy atom. The largest absolute Gasteiger partial charge is 0.377 e. The number of nitrogens with two attached hydrogens (primary N) is 1. The molecule has 2 nitrogen and oxygen atoms in total. The smallest absolute Gasteiger partial charge is 0.0666 e. The first kappa shape index (κ1) is 13.3. The van der Waals surface area contributed by atoms with Crippen molar-refractivity contribution in [3.63, 3.8) is 0 Å². The highest BCUT2D eigenvalue weighted by molar-refractivity contribution is 8.00. The average molecular weight is 231 g/mol. The van der Waals surface area contributed by atoms with E-state index < -0.39 is 0 Å². The van der Waals surface area contributed by atoms with Crippen LogP contribution in [-0.4, -0.2) is 29.8 Å². The topological polar surface area (TPSA) is 35.2 Å². The van der Waals surface area contributed by atoms with Crippen LogP contribution in [0.2, 0.25) is 0 Å². The Hall–Kier alpha value is 0.270. The molecule has 0 aromatic carbocycles. The molecule has 15 heavy (non-hydrogen) atoms. The monoisotopic (exact) mass is 231 g/mol. The van der Waals surface area contributed by atoms with Crippen molar-refractivity contribution in [2.75, 3.05) is 12.4 Å². The van der Waals surface area contributed by atoms with Gasteiger partial charge in [0, 0.05) is 23.7 Å². The third-order valence-corrected chi connectivity index (χ3v) is 4.88. The predicted molar refractivity (Wildman–Crippen MR) is 68.3 cm³/mol. The van der Waals surface area contributed by atoms with E-state index in [1.165, 1.54) is 12.8 Å². The van der Waals surface area contributed by atoms with Crippen molar-refractivity contribution in [2.24, 2.45) is 11.1 Å². The maximum absolute atomic E-state index is 6.05. The van der Waals surface area contributed by atoms with Crippen LogP contribution < -0.4 is 5.73 Å². The molecule has 0 aliphatic carbocycles. The molecular weight excluding hydrogens is 206 g/mol. The first-order valence-electron chi connectivity index (χ1n) is 5.90. The highest BCUT2D eigenvalue weighted by Gasteiger charge is 2.29. The Labute approximate surface area is 98.3 Å². The van der Waals surface area contributed by atoms with Crippen molar-refractivity contribution in [2.45, 2.75) is 57.9 Å². The number of ether oxygens (including phenoxy) is 1. The van der Waals surface area contributed by atoms with E-state index in [0.717, 1.165) is 12.4 Å². The second kappa shape index (κ2) is 5.55. The lowest BCUT2D eigenvalue weighted by molar-refractivity contribution is 0.128. The summed E-state index contributed by atoms with van der Waals surface area (Å²) in [5.74, 6) is 1.10. The lowest BCUT2D eigenvalue weighted by atomic mass is 9.88. The lowest BCUT2D eigenvalue weighted by Gasteiger charge is -2.33. The minimum atomic E-state index is 0.247. The van der Waals surface area contributed by atoms with Crippen molar-refractivity contribution < 1.29 is 4.74 Å². The summed E-state index contributed by atoms with van der Waals surface area (Å²) in [6.07, 6.45) is 2.92. The van der Waals surface area contributed by atoms with Crippen molar-refractivity contribution in [1.82, 2.24) is 0 Å². The summed E-state index contributed by atoms with van der Waals surface area (Å²) in [5.41, 5.74) is 6.32. The van der Waals surface area contributed by atoms with Gasteiger partial charge in [0.25, 0.3) is 0 Å². The number of thioether (sulfide) groups is 1. The first-order valence-corrected chi connectivity index (χ1v) is 6.95. The molecule has 2 N–H and O–H groups in total. The van der Waals surface area contributed by atoms with Gasteiger partial charge in [-0.15, -0.1) is 0 Å². The zero-order valence-corrected chi connectivity index (χ0v) is 11.3. The molecule has 1 heterocycles. The van der Waals surface area contributed by atoms with Crippen LogP contribution in [0, 0.1) is 5.41 Å². The van der Waals surface area contributed by atoms with Crippen LogP contribution in [0.3, 0.4) is 0 Å². The van der Waals surface area contributed by atoms with Gasteiger partial charge in [-0.25, -0.2) is 0 Å². The van der Waals surface area contributed by atoms with Crippen LogP contribution in [0.15, 0.2) is 0 Å². The molecule has 1 aliphatic heterocycles. The quantitative estimate of drug-likeness (QED) is 0.808. The fourth-order valence-corrected chi connectivity index (χ4v) is 3.67. The molecule has 1 fully saturated rings. The van der Waals surface area contributed by atoms with Crippen LogP contribution in [0.5, 0.6) is 0 Å². The van der Waals surface area contributed by atoms with Gasteiger partial charge in [-0.2, -0.15) is 11.8 Å². The Morgan fingerprint density at radius 3 is 2.53 bits per heavy atom. The van der Waals surface area contributed by atoms with E-state index in [0.29, 0.717) is 11.4 Å². The van der Waals surface area contributed by atoms with Gasteiger partial charge in [-0.05, 0) is 25.2 Å². The SMILES string of the molecule is CC(N)C(SCC1CCCO1)C(C)(C)C. The fraction of sp³-hybridized carbons (Fsp3) is 1.00. The molecule has 1 aliphatic rings. The van der Waals surface area contributed by atoms with Crippen molar-refractivity contribution >= 4 is 11.8 Å². The van der Waals surface area contributed by atoms with Crippen LogP contribution in [0.4, 0.5) is 0 Å². The van der Waals surface area contributed by atoms with Gasteiger partial charge >= 0.3 is 0 Å². The van der Waals surface area contributed by atoms with Gasteiger partial charge in [-0.3, -0.25) is 0 Å². The third-order valence-electron chi connectivity index (χ3n) is 2.82. The van der Waals surface area contributed by atoms with Crippen LogP contribution in [-0.2, 0) is 4.74 Å². The molecule has 0 spiro atoms. The van der Waals surface area contributed by atoms with Crippen molar-refractivity contribution in [3.8, 4) is 0 Å². The standard InChI is InChI=1S/C12H25NOS/c1-9(13)11(12(2,3)4)15-8-10-6-5-7-14-10/h9-11H,5-8,13H2,1-4H3. The molecule has 1 rings (SSSR count). The van der Waals surface area contributed by atoms with Gasteiger partial charge in [-0.1, -0.05) is 20.8 Å². The fourth-order valence-electron chi connectivity index (χ4n) is 2.18. The maximum atomic E-state index is 6.05. The third kappa shape index (κ3) is 4.33. The van der Waals surface area contributed by atoms with E-state index in [1.807, 2.05) is 11.8 Å². The number of rotatable bonds is 4. The number of hydrogen-bond acceptors (Lipinski definition) is 3. The van der Waals surface area contributed by atoms with E-state index >= 15 is 0 Å². The Balaban J connectivity index is 2.37. The normalized spacial score (nSPS) is 26.6. The summed E-state index contributed by atoms with van der Waals surface area (Å²) < 4.78 is 5.63. The van der Waals surface area contributed by atoms with E-state index in [2.05, 4.69) is 27.7 Å². The zero-order valence-electron chi connectivity index (χ0n) is 10.5. The lowest BCUT2D eigenvalue weighted by Crippen LogP contribution is -2.39. The van der Waals surface area contributed by atoms with E-state index in [-0.39, 0.29) is 11.5 Å².